The molecule has 268 valence electrons. The smallest absolute Gasteiger partial charge is 0.309 e. The number of aliphatic carboxylic acids is 1. The summed E-state index contributed by atoms with van der Waals surface area (Å²) in [7, 11) is 0. The van der Waals surface area contributed by atoms with E-state index in [9.17, 15) is 24.3 Å². The van der Waals surface area contributed by atoms with Crippen LogP contribution in [0.5, 0.6) is 0 Å². The number of Topliss-reactive ketones (excluding diaryl/α,β-unsaturated/α-hetero) is 1. The van der Waals surface area contributed by atoms with Gasteiger partial charge in [-0.25, -0.2) is 0 Å². The Bertz CT molecular complexity index is 1580. The molecular formula is C41H58N2O6. The Morgan fingerprint density at radius 3 is 2.33 bits per heavy atom. The lowest BCUT2D eigenvalue weighted by Gasteiger charge is -2.72. The lowest BCUT2D eigenvalue weighted by Crippen LogP contribution is -2.67. The molecule has 0 radical (unpaired) electrons. The van der Waals surface area contributed by atoms with E-state index in [1.165, 1.54) is 5.57 Å². The zero-order valence-electron chi connectivity index (χ0n) is 31.2. The lowest BCUT2D eigenvalue weighted by atomic mass is 9.33. The van der Waals surface area contributed by atoms with Gasteiger partial charge in [0.1, 0.15) is 6.10 Å². The van der Waals surface area contributed by atoms with Gasteiger partial charge >= 0.3 is 11.9 Å². The SMILES string of the molecule is CC(C)C1=C2[C@H]3CC[C@@H]4[C@@]5(C)CC[C@H](OC(=O)CC(C)(C)C(=O)O)C(C)(C)[C@@H]5CC[C@@]4(C)[C@]3(C)CC[C@@]2(NC(=O)c2cccnc2)CC1=O. The maximum absolute atomic E-state index is 13.9. The summed E-state index contributed by atoms with van der Waals surface area (Å²) in [5, 5.41) is 13.0. The van der Waals surface area contributed by atoms with Gasteiger partial charge in [0.25, 0.3) is 5.91 Å². The molecule has 5 aliphatic rings. The number of nitrogens with one attached hydrogen (secondary N) is 1. The average molecular weight is 675 g/mol. The molecule has 0 unspecified atom stereocenters. The van der Waals surface area contributed by atoms with Crippen LogP contribution in [-0.2, 0) is 19.1 Å². The molecule has 8 atom stereocenters. The number of carboxylic acid groups (broad SMARTS) is 1. The van der Waals surface area contributed by atoms with Crippen LogP contribution in [0.3, 0.4) is 0 Å². The summed E-state index contributed by atoms with van der Waals surface area (Å²) in [6.07, 6.45) is 10.8. The molecule has 0 bridgehead atoms. The molecule has 8 nitrogen and oxygen atoms in total. The summed E-state index contributed by atoms with van der Waals surface area (Å²) < 4.78 is 6.14. The fraction of sp³-hybridized carbons (Fsp3) is 0.732. The standard InChI is InChI=1S/C41H58N2O6/c1-24(2)32-27(44)21-41(43-34(46)25-11-10-20-42-23-25)19-18-39(8)26(33(32)41)12-13-29-38(7)16-15-30(49-31(45)22-36(3,4)35(47)48)37(5,6)28(38)14-17-40(29,39)9/h10-11,20,23-24,26,28-30H,12-19,21-22H2,1-9H3,(H,43,46)(H,47,48)/t26-,28+,29-,30+,38+,39-,40-,41-/m1/s1. The van der Waals surface area contributed by atoms with Gasteiger partial charge in [0.2, 0.25) is 0 Å². The fourth-order valence-corrected chi connectivity index (χ4v) is 12.4. The molecule has 4 fully saturated rings. The Labute approximate surface area is 292 Å². The number of ketones is 1. The van der Waals surface area contributed by atoms with Gasteiger partial charge in [0.15, 0.2) is 5.78 Å². The van der Waals surface area contributed by atoms with Gasteiger partial charge in [-0.1, -0.05) is 48.5 Å². The number of hydrogen-bond acceptors (Lipinski definition) is 6. The molecule has 4 saturated carbocycles. The first-order chi connectivity index (χ1) is 22.7. The van der Waals surface area contributed by atoms with Crippen molar-refractivity contribution in [2.24, 2.45) is 50.7 Å². The van der Waals surface area contributed by atoms with Crippen molar-refractivity contribution in [3.63, 3.8) is 0 Å². The Hall–Kier alpha value is -3.03. The molecule has 0 aliphatic heterocycles. The summed E-state index contributed by atoms with van der Waals surface area (Å²) in [6.45, 7) is 19.4. The van der Waals surface area contributed by atoms with Crippen LogP contribution in [0.25, 0.3) is 0 Å². The number of carbonyl (C=O) groups is 4. The molecular weight excluding hydrogens is 616 g/mol. The van der Waals surface area contributed by atoms with Gasteiger partial charge in [0, 0.05) is 24.2 Å². The Kier molecular flexibility index (Phi) is 8.59. The third kappa shape index (κ3) is 5.32. The van der Waals surface area contributed by atoms with Crippen molar-refractivity contribution in [1.29, 1.82) is 0 Å². The maximum Gasteiger partial charge on any atom is 0.309 e. The fourth-order valence-electron chi connectivity index (χ4n) is 12.4. The van der Waals surface area contributed by atoms with Crippen LogP contribution in [-0.4, -0.2) is 45.4 Å². The molecule has 0 spiro atoms. The zero-order chi connectivity index (χ0) is 35.9. The third-order valence-corrected chi connectivity index (χ3v) is 15.1. The lowest BCUT2D eigenvalue weighted by molar-refractivity contribution is -0.232. The number of pyridine rings is 1. The van der Waals surface area contributed by atoms with E-state index in [0.29, 0.717) is 23.8 Å². The van der Waals surface area contributed by atoms with Gasteiger partial charge < -0.3 is 15.2 Å². The number of rotatable bonds is 7. The predicted octanol–water partition coefficient (Wildman–Crippen LogP) is 7.96. The number of allylic oxidation sites excluding steroid dienone is 1. The number of nitrogens with zero attached hydrogens (tertiary/aromatic N) is 1. The second kappa shape index (κ2) is 11.8. The molecule has 1 aromatic rings. The average Bonchev–Trinajstić information content (AvgIpc) is 3.30. The Balaban J connectivity index is 1.30. The van der Waals surface area contributed by atoms with Gasteiger partial charge in [-0.3, -0.25) is 24.2 Å². The largest absolute Gasteiger partial charge is 0.481 e. The van der Waals surface area contributed by atoms with E-state index < -0.39 is 22.9 Å². The normalized spacial score (nSPS) is 38.2. The minimum Gasteiger partial charge on any atom is -0.481 e. The van der Waals surface area contributed by atoms with Gasteiger partial charge in [-0.15, -0.1) is 0 Å². The summed E-state index contributed by atoms with van der Waals surface area (Å²) in [5.41, 5.74) is 0.650. The van der Waals surface area contributed by atoms with E-state index in [0.717, 1.165) is 56.9 Å². The van der Waals surface area contributed by atoms with E-state index in [2.05, 4.69) is 58.8 Å². The second-order valence-electron chi connectivity index (χ2n) is 18.7. The van der Waals surface area contributed by atoms with Crippen LogP contribution < -0.4 is 5.32 Å². The summed E-state index contributed by atoms with van der Waals surface area (Å²) in [4.78, 5) is 56.5. The Morgan fingerprint density at radius 1 is 0.980 bits per heavy atom. The molecule has 0 aromatic carbocycles. The number of amides is 1. The van der Waals surface area contributed by atoms with Gasteiger partial charge in [-0.2, -0.15) is 0 Å². The molecule has 1 heterocycles. The predicted molar refractivity (Wildman–Crippen MR) is 187 cm³/mol. The molecule has 6 rings (SSSR count). The first kappa shape index (κ1) is 35.8. The minimum atomic E-state index is -1.17. The van der Waals surface area contributed by atoms with E-state index >= 15 is 0 Å². The third-order valence-electron chi connectivity index (χ3n) is 15.1. The van der Waals surface area contributed by atoms with E-state index in [1.54, 1.807) is 38.4 Å². The van der Waals surface area contributed by atoms with Crippen molar-refractivity contribution in [2.45, 2.75) is 138 Å². The first-order valence-electron chi connectivity index (χ1n) is 18.7. The van der Waals surface area contributed by atoms with Crippen molar-refractivity contribution < 1.29 is 29.0 Å². The number of carbonyl (C=O) groups excluding carboxylic acids is 3. The number of hydrogen-bond donors (Lipinski definition) is 2. The van der Waals surface area contributed by atoms with E-state index in [-0.39, 0.29) is 57.7 Å². The zero-order valence-corrected chi connectivity index (χ0v) is 31.2. The Morgan fingerprint density at radius 2 is 1.69 bits per heavy atom. The van der Waals surface area contributed by atoms with E-state index in [4.69, 9.17) is 4.74 Å². The monoisotopic (exact) mass is 674 g/mol. The highest BCUT2D eigenvalue weighted by Gasteiger charge is 2.70. The van der Waals surface area contributed by atoms with Crippen LogP contribution in [0.4, 0.5) is 0 Å². The molecule has 1 amide bonds. The number of ether oxygens (including phenoxy) is 1. The van der Waals surface area contributed by atoms with Crippen molar-refractivity contribution in [2.75, 3.05) is 0 Å². The van der Waals surface area contributed by atoms with Crippen molar-refractivity contribution in [3.8, 4) is 0 Å². The highest BCUT2D eigenvalue weighted by atomic mass is 16.5. The second-order valence-corrected chi connectivity index (χ2v) is 18.7. The van der Waals surface area contributed by atoms with Crippen molar-refractivity contribution in [3.05, 3.63) is 41.2 Å². The topological polar surface area (TPSA) is 123 Å². The number of carboxylic acids is 1. The highest BCUT2D eigenvalue weighted by Crippen LogP contribution is 2.76. The summed E-state index contributed by atoms with van der Waals surface area (Å²) in [5.74, 6) is -0.272. The number of aromatic nitrogens is 1. The van der Waals surface area contributed by atoms with Crippen LogP contribution in [0.2, 0.25) is 0 Å². The molecule has 8 heteroatoms. The molecule has 1 aromatic heterocycles. The van der Waals surface area contributed by atoms with Crippen molar-refractivity contribution >= 4 is 23.6 Å². The molecule has 5 aliphatic carbocycles. The van der Waals surface area contributed by atoms with Crippen LogP contribution in [0.1, 0.15) is 137 Å². The van der Waals surface area contributed by atoms with Crippen LogP contribution >= 0.6 is 0 Å². The van der Waals surface area contributed by atoms with E-state index in [1.807, 2.05) is 0 Å². The van der Waals surface area contributed by atoms with Crippen LogP contribution in [0.15, 0.2) is 35.7 Å². The van der Waals surface area contributed by atoms with Crippen LogP contribution in [0, 0.1) is 50.7 Å². The van der Waals surface area contributed by atoms with Gasteiger partial charge in [-0.05, 0) is 128 Å². The number of fused-ring (bicyclic) bond motifs is 7. The maximum atomic E-state index is 13.9. The first-order valence-corrected chi connectivity index (χ1v) is 18.7. The number of esters is 1. The quantitative estimate of drug-likeness (QED) is 0.281. The van der Waals surface area contributed by atoms with Crippen molar-refractivity contribution in [1.82, 2.24) is 10.3 Å². The molecule has 0 saturated heterocycles. The highest BCUT2D eigenvalue weighted by molar-refractivity contribution is 6.03. The summed E-state index contributed by atoms with van der Waals surface area (Å²) in [6, 6.07) is 3.56. The summed E-state index contributed by atoms with van der Waals surface area (Å²) >= 11 is 0. The molecule has 2 N–H and O–H groups in total. The minimum absolute atomic E-state index is 0.0342. The molecule has 49 heavy (non-hydrogen) atoms. The van der Waals surface area contributed by atoms with Gasteiger partial charge in [0.05, 0.1) is 22.9 Å².